The van der Waals surface area contributed by atoms with Crippen molar-refractivity contribution in [1.82, 2.24) is 0 Å². The summed E-state index contributed by atoms with van der Waals surface area (Å²) in [6, 6.07) is 7.70. The molecular weight excluding hydrogens is 610 g/mol. The van der Waals surface area contributed by atoms with E-state index in [1.165, 1.54) is 0 Å². The molecule has 11 atom stereocenters. The summed E-state index contributed by atoms with van der Waals surface area (Å²) in [5.41, 5.74) is 8.06. The normalized spacial score (nSPS) is 43.3. The van der Waals surface area contributed by atoms with Gasteiger partial charge in [0.25, 0.3) is 0 Å². The van der Waals surface area contributed by atoms with Gasteiger partial charge in [0.15, 0.2) is 5.79 Å². The smallest absolute Gasteiger partial charge is 0.316 e. The van der Waals surface area contributed by atoms with Gasteiger partial charge in [-0.3, -0.25) is 4.79 Å². The number of anilines is 1. The molecule has 5 aliphatic rings. The minimum Gasteiger partial charge on any atom is -0.462 e. The Bertz CT molecular complexity index is 1450. The molecule has 1 aliphatic carbocycles. The summed E-state index contributed by atoms with van der Waals surface area (Å²) in [5, 5.41) is 23.3. The van der Waals surface area contributed by atoms with Crippen molar-refractivity contribution < 1.29 is 38.7 Å². The van der Waals surface area contributed by atoms with E-state index in [2.05, 4.69) is 33.8 Å². The van der Waals surface area contributed by atoms with E-state index in [0.29, 0.717) is 55.0 Å². The predicted molar refractivity (Wildman–Crippen MR) is 182 cm³/mol. The fourth-order valence-electron chi connectivity index (χ4n) is 8.25. The number of hydrogen-bond acceptors (Lipinski definition) is 9. The Morgan fingerprint density at radius 3 is 2.60 bits per heavy atom. The first kappa shape index (κ1) is 35.1. The number of nitrogen functional groups attached to an aromatic ring is 1. The summed E-state index contributed by atoms with van der Waals surface area (Å²) in [6.45, 7) is 10.8. The van der Waals surface area contributed by atoms with Crippen LogP contribution in [0, 0.1) is 17.8 Å². The molecule has 2 bridgehead atoms. The van der Waals surface area contributed by atoms with Crippen molar-refractivity contribution in [2.24, 2.45) is 17.8 Å². The number of aliphatic hydroxyl groups excluding tert-OH is 1. The van der Waals surface area contributed by atoms with Gasteiger partial charge in [-0.1, -0.05) is 63.3 Å². The first-order chi connectivity index (χ1) is 22.9. The van der Waals surface area contributed by atoms with E-state index in [1.807, 2.05) is 36.4 Å². The van der Waals surface area contributed by atoms with E-state index in [9.17, 15) is 15.0 Å². The van der Waals surface area contributed by atoms with Crippen LogP contribution in [-0.4, -0.2) is 70.8 Å². The lowest BCUT2D eigenvalue weighted by Crippen LogP contribution is -2.58. The van der Waals surface area contributed by atoms with Crippen molar-refractivity contribution in [3.05, 3.63) is 76.9 Å². The number of benzene rings is 1. The molecule has 0 aromatic heterocycles. The molecule has 6 rings (SSSR count). The van der Waals surface area contributed by atoms with Gasteiger partial charge in [0, 0.05) is 30.9 Å². The van der Waals surface area contributed by atoms with Crippen LogP contribution in [0.15, 0.2) is 71.4 Å². The summed E-state index contributed by atoms with van der Waals surface area (Å²) in [7, 11) is 0. The van der Waals surface area contributed by atoms with E-state index >= 15 is 0 Å². The van der Waals surface area contributed by atoms with Gasteiger partial charge < -0.3 is 39.6 Å². The quantitative estimate of drug-likeness (QED) is 0.211. The molecule has 1 aromatic carbocycles. The average Bonchev–Trinajstić information content (AvgIpc) is 3.40. The molecule has 4 aliphatic heterocycles. The molecule has 3 saturated heterocycles. The maximum Gasteiger partial charge on any atom is 0.316 e. The van der Waals surface area contributed by atoms with Crippen LogP contribution < -0.4 is 5.73 Å². The number of fused-ring (bicyclic) bond motifs is 2. The summed E-state index contributed by atoms with van der Waals surface area (Å²) < 4.78 is 32.4. The molecule has 262 valence electrons. The zero-order chi connectivity index (χ0) is 34.2. The Balaban J connectivity index is 1.37. The van der Waals surface area contributed by atoms with Crippen LogP contribution >= 0.6 is 0 Å². The number of hydrogen-bond donors (Lipinski definition) is 3. The zero-order valence-corrected chi connectivity index (χ0v) is 29.0. The third-order valence-corrected chi connectivity index (χ3v) is 11.1. The number of rotatable bonds is 4. The molecule has 1 spiro atoms. The molecule has 0 radical (unpaired) electrons. The third kappa shape index (κ3) is 6.96. The highest BCUT2D eigenvalue weighted by atomic mass is 16.7. The fraction of sp³-hybridized carbons (Fsp3) is 0.615. The third-order valence-electron chi connectivity index (χ3n) is 11.1. The molecule has 9 nitrogen and oxygen atoms in total. The highest BCUT2D eigenvalue weighted by Gasteiger charge is 2.60. The van der Waals surface area contributed by atoms with Gasteiger partial charge in [0.2, 0.25) is 0 Å². The number of aliphatic hydroxyl groups is 2. The second-order valence-electron chi connectivity index (χ2n) is 14.7. The highest BCUT2D eigenvalue weighted by molar-refractivity contribution is 5.78. The number of carbonyl (C=O) groups is 1. The maximum absolute atomic E-state index is 14.1. The summed E-state index contributed by atoms with van der Waals surface area (Å²) >= 11 is 0. The first-order valence-corrected chi connectivity index (χ1v) is 17.7. The molecule has 9 heteroatoms. The molecule has 0 saturated carbocycles. The van der Waals surface area contributed by atoms with Crippen LogP contribution in [0.4, 0.5) is 5.69 Å². The van der Waals surface area contributed by atoms with Crippen molar-refractivity contribution in [2.45, 2.75) is 128 Å². The van der Waals surface area contributed by atoms with Crippen LogP contribution in [-0.2, 0) is 35.1 Å². The number of allylic oxidation sites excluding steroid dienone is 2. The van der Waals surface area contributed by atoms with Gasteiger partial charge in [0.05, 0.1) is 31.5 Å². The van der Waals surface area contributed by atoms with Crippen LogP contribution in [0.1, 0.15) is 78.7 Å². The zero-order valence-electron chi connectivity index (χ0n) is 29.0. The minimum absolute atomic E-state index is 0.0350. The van der Waals surface area contributed by atoms with Crippen LogP contribution in [0.25, 0.3) is 0 Å². The van der Waals surface area contributed by atoms with Gasteiger partial charge in [-0.05, 0) is 73.4 Å². The summed E-state index contributed by atoms with van der Waals surface area (Å²) in [4.78, 5) is 14.1. The highest BCUT2D eigenvalue weighted by Crippen LogP contribution is 2.47. The van der Waals surface area contributed by atoms with Crippen molar-refractivity contribution in [2.75, 3.05) is 12.3 Å². The first-order valence-electron chi connectivity index (χ1n) is 17.7. The Morgan fingerprint density at radius 1 is 1.08 bits per heavy atom. The monoisotopic (exact) mass is 663 g/mol. The molecule has 4 N–H and O–H groups in total. The second kappa shape index (κ2) is 14.2. The van der Waals surface area contributed by atoms with Crippen LogP contribution in [0.5, 0.6) is 0 Å². The standard InChI is InChI=1S/C39H53NO8/c1-6-33-23(2)16-17-38(48-33)20-31-19-30(47-38)15-10-25(4)35(44-21-27-11-13-29(40)14-12-27)24(3)8-7-9-28-22-45-36-34(41)26(5)18-32(37(42)46-31)39(28,36)43/h7-14,18,23-24,30-36,41,43H,6,15-17,19-22,40H2,1-5H3/b8-7+,25-10+,28-9+/t23-,24-,30+,31-,32-,33+,34+,35+,36-,38+,39+/m0/s1. The lowest BCUT2D eigenvalue weighted by Gasteiger charge is -2.50. The predicted octanol–water partition coefficient (Wildman–Crippen LogP) is 5.70. The van der Waals surface area contributed by atoms with Crippen molar-refractivity contribution >= 4 is 11.7 Å². The minimum atomic E-state index is -1.76. The van der Waals surface area contributed by atoms with Crippen molar-refractivity contribution in [3.8, 4) is 0 Å². The van der Waals surface area contributed by atoms with E-state index in [0.717, 1.165) is 24.0 Å². The molecule has 3 fully saturated rings. The SMILES string of the molecule is CC[C@H]1O[C@]2(CC[C@@H]1C)C[C@@H]1C[C@@H](C/C=C(\C)[C@H](OCc3ccc(N)cc3)[C@@H](C)/C=C/C=C3\CO[C@H]4[C@H](O)C(C)=C[C@@H](C(=O)O1)[C@]34O)O2. The van der Waals surface area contributed by atoms with E-state index in [4.69, 9.17) is 29.4 Å². The number of ether oxygens (including phenoxy) is 5. The number of carbonyl (C=O) groups excluding carboxylic acids is 1. The molecule has 48 heavy (non-hydrogen) atoms. The Labute approximate surface area is 284 Å². The largest absolute Gasteiger partial charge is 0.462 e. The van der Waals surface area contributed by atoms with E-state index in [-0.39, 0.29) is 30.8 Å². The Morgan fingerprint density at radius 2 is 1.85 bits per heavy atom. The lowest BCUT2D eigenvalue weighted by atomic mass is 9.71. The molecule has 0 unspecified atom stereocenters. The molecule has 1 aromatic rings. The number of esters is 1. The fourth-order valence-corrected chi connectivity index (χ4v) is 8.25. The van der Waals surface area contributed by atoms with Gasteiger partial charge >= 0.3 is 5.97 Å². The van der Waals surface area contributed by atoms with Gasteiger partial charge in [-0.15, -0.1) is 0 Å². The lowest BCUT2D eigenvalue weighted by molar-refractivity contribution is -0.335. The summed E-state index contributed by atoms with van der Waals surface area (Å²) in [5.74, 6) is -2.05. The second-order valence-corrected chi connectivity index (χ2v) is 14.7. The van der Waals surface area contributed by atoms with Gasteiger partial charge in [-0.2, -0.15) is 0 Å². The van der Waals surface area contributed by atoms with Crippen molar-refractivity contribution in [3.63, 3.8) is 0 Å². The topological polar surface area (TPSA) is 130 Å². The molecule has 4 heterocycles. The van der Waals surface area contributed by atoms with Crippen LogP contribution in [0.3, 0.4) is 0 Å². The molecular formula is C39H53NO8. The number of nitrogens with two attached hydrogens (primary N) is 1. The van der Waals surface area contributed by atoms with E-state index in [1.54, 1.807) is 19.1 Å². The van der Waals surface area contributed by atoms with Gasteiger partial charge in [-0.25, -0.2) is 0 Å². The molecule has 0 amide bonds. The van der Waals surface area contributed by atoms with E-state index < -0.39 is 41.6 Å². The maximum atomic E-state index is 14.1. The average molecular weight is 664 g/mol. The summed E-state index contributed by atoms with van der Waals surface area (Å²) in [6.07, 6.45) is 10.7. The Kier molecular flexibility index (Phi) is 10.4. The van der Waals surface area contributed by atoms with Gasteiger partial charge in [0.1, 0.15) is 29.8 Å². The Hall–Kier alpha value is -2.79. The van der Waals surface area contributed by atoms with Crippen LogP contribution in [0.2, 0.25) is 0 Å². The van der Waals surface area contributed by atoms with Crippen molar-refractivity contribution in [1.29, 1.82) is 0 Å².